The van der Waals surface area contributed by atoms with E-state index in [-0.39, 0.29) is 0 Å². The lowest BCUT2D eigenvalue weighted by molar-refractivity contribution is -0.259. The summed E-state index contributed by atoms with van der Waals surface area (Å²) in [7, 11) is 0. The average Bonchev–Trinajstić information content (AvgIpc) is 2.28. The molecule has 0 atom stereocenters. The van der Waals surface area contributed by atoms with Crippen molar-refractivity contribution in [3.63, 3.8) is 0 Å². The van der Waals surface area contributed by atoms with E-state index < -0.39 is 0 Å². The zero-order valence-electron chi connectivity index (χ0n) is 13.3. The Morgan fingerprint density at radius 3 is 2.16 bits per heavy atom. The molecule has 0 aromatic heterocycles. The standard InChI is InChI=1S/C16H32N2O/c1-14(2)5-10-19-18-12-16(13-18)6-8-17(9-7-16)11-15(3)4/h14-15H,5-13H2,1-4H3. The van der Waals surface area contributed by atoms with Crippen LogP contribution in [0.3, 0.4) is 0 Å². The Morgan fingerprint density at radius 2 is 1.63 bits per heavy atom. The Labute approximate surface area is 119 Å². The molecule has 0 bridgehead atoms. The van der Waals surface area contributed by atoms with Gasteiger partial charge >= 0.3 is 0 Å². The maximum atomic E-state index is 5.83. The molecule has 2 aliphatic heterocycles. The molecule has 112 valence electrons. The van der Waals surface area contributed by atoms with Crippen LogP contribution < -0.4 is 0 Å². The third kappa shape index (κ3) is 4.44. The van der Waals surface area contributed by atoms with Gasteiger partial charge in [0.1, 0.15) is 0 Å². The smallest absolute Gasteiger partial charge is 0.0687 e. The fraction of sp³-hybridized carbons (Fsp3) is 1.00. The van der Waals surface area contributed by atoms with Gasteiger partial charge in [-0.25, -0.2) is 0 Å². The van der Waals surface area contributed by atoms with E-state index in [0.717, 1.165) is 18.4 Å². The van der Waals surface area contributed by atoms with E-state index in [1.165, 1.54) is 52.0 Å². The van der Waals surface area contributed by atoms with Gasteiger partial charge in [-0.05, 0) is 44.2 Å². The summed E-state index contributed by atoms with van der Waals surface area (Å²) in [6, 6.07) is 0. The summed E-state index contributed by atoms with van der Waals surface area (Å²) in [6.07, 6.45) is 3.90. The van der Waals surface area contributed by atoms with Crippen molar-refractivity contribution in [2.24, 2.45) is 17.3 Å². The topological polar surface area (TPSA) is 15.7 Å². The lowest BCUT2D eigenvalue weighted by Crippen LogP contribution is -2.60. The highest BCUT2D eigenvalue weighted by Crippen LogP contribution is 2.40. The van der Waals surface area contributed by atoms with Gasteiger partial charge in [0, 0.05) is 25.0 Å². The van der Waals surface area contributed by atoms with Crippen LogP contribution in [0, 0.1) is 17.3 Å². The molecule has 0 aromatic rings. The van der Waals surface area contributed by atoms with Crippen molar-refractivity contribution in [1.29, 1.82) is 0 Å². The van der Waals surface area contributed by atoms with Gasteiger partial charge in [0.15, 0.2) is 0 Å². The summed E-state index contributed by atoms with van der Waals surface area (Å²) in [5, 5.41) is 2.19. The predicted octanol–water partition coefficient (Wildman–Crippen LogP) is 3.02. The van der Waals surface area contributed by atoms with Crippen LogP contribution in [0.1, 0.15) is 47.0 Å². The van der Waals surface area contributed by atoms with Gasteiger partial charge in [0.2, 0.25) is 0 Å². The third-order valence-electron chi connectivity index (χ3n) is 4.53. The van der Waals surface area contributed by atoms with Crippen LogP contribution in [0.5, 0.6) is 0 Å². The second kappa shape index (κ2) is 6.55. The van der Waals surface area contributed by atoms with Crippen molar-refractivity contribution in [3.05, 3.63) is 0 Å². The van der Waals surface area contributed by atoms with Crippen molar-refractivity contribution < 1.29 is 4.84 Å². The van der Waals surface area contributed by atoms with Crippen molar-refractivity contribution in [2.45, 2.75) is 47.0 Å². The van der Waals surface area contributed by atoms with Gasteiger partial charge in [-0.3, -0.25) is 4.84 Å². The van der Waals surface area contributed by atoms with E-state index in [1.54, 1.807) is 0 Å². The van der Waals surface area contributed by atoms with Gasteiger partial charge in [-0.1, -0.05) is 27.7 Å². The molecule has 3 nitrogen and oxygen atoms in total. The first-order valence-corrected chi connectivity index (χ1v) is 8.09. The third-order valence-corrected chi connectivity index (χ3v) is 4.53. The van der Waals surface area contributed by atoms with Crippen LogP contribution in [-0.2, 0) is 4.84 Å². The molecule has 3 heteroatoms. The quantitative estimate of drug-likeness (QED) is 0.736. The van der Waals surface area contributed by atoms with Crippen LogP contribution in [-0.4, -0.2) is 49.3 Å². The van der Waals surface area contributed by atoms with Crippen molar-refractivity contribution in [3.8, 4) is 0 Å². The van der Waals surface area contributed by atoms with Gasteiger partial charge in [0.05, 0.1) is 6.61 Å². The molecule has 0 aromatic carbocycles. The Balaban J connectivity index is 1.61. The second-order valence-electron chi connectivity index (χ2n) is 7.51. The lowest BCUT2D eigenvalue weighted by atomic mass is 9.73. The first-order valence-electron chi connectivity index (χ1n) is 8.09. The molecule has 0 amide bonds. The number of hydrogen-bond donors (Lipinski definition) is 0. The Bertz CT molecular complexity index is 262. The van der Waals surface area contributed by atoms with E-state index in [9.17, 15) is 0 Å². The van der Waals surface area contributed by atoms with Crippen LogP contribution in [0.2, 0.25) is 0 Å². The highest BCUT2D eigenvalue weighted by molar-refractivity contribution is 4.95. The van der Waals surface area contributed by atoms with E-state index in [0.29, 0.717) is 5.41 Å². The summed E-state index contributed by atoms with van der Waals surface area (Å²) in [4.78, 5) is 8.46. The molecule has 2 heterocycles. The Hall–Kier alpha value is -0.120. The zero-order valence-corrected chi connectivity index (χ0v) is 13.3. The van der Waals surface area contributed by atoms with Gasteiger partial charge in [-0.15, -0.1) is 0 Å². The SMILES string of the molecule is CC(C)CCON1CC2(CCN(CC(C)C)CC2)C1. The monoisotopic (exact) mass is 268 g/mol. The van der Waals surface area contributed by atoms with E-state index in [4.69, 9.17) is 4.84 Å². The van der Waals surface area contributed by atoms with Gasteiger partial charge in [-0.2, -0.15) is 5.06 Å². The largest absolute Gasteiger partial charge is 0.303 e. The molecule has 0 N–H and O–H groups in total. The van der Waals surface area contributed by atoms with Crippen LogP contribution in [0.4, 0.5) is 0 Å². The molecule has 2 saturated heterocycles. The molecule has 19 heavy (non-hydrogen) atoms. The van der Waals surface area contributed by atoms with Crippen molar-refractivity contribution >= 4 is 0 Å². The molecule has 2 rings (SSSR count). The summed E-state index contributed by atoms with van der Waals surface area (Å²) < 4.78 is 0. The average molecular weight is 268 g/mol. The van der Waals surface area contributed by atoms with E-state index >= 15 is 0 Å². The molecule has 0 saturated carbocycles. The second-order valence-corrected chi connectivity index (χ2v) is 7.51. The molecular weight excluding hydrogens is 236 g/mol. The maximum Gasteiger partial charge on any atom is 0.0687 e. The van der Waals surface area contributed by atoms with Crippen molar-refractivity contribution in [2.75, 3.05) is 39.3 Å². The van der Waals surface area contributed by atoms with Crippen molar-refractivity contribution in [1.82, 2.24) is 9.96 Å². The van der Waals surface area contributed by atoms with Gasteiger partial charge < -0.3 is 4.90 Å². The van der Waals surface area contributed by atoms with E-state index in [2.05, 4.69) is 37.7 Å². The molecule has 1 spiro atoms. The highest BCUT2D eigenvalue weighted by atomic mass is 16.7. The minimum atomic E-state index is 0.589. The molecule has 0 unspecified atom stereocenters. The molecule has 2 fully saturated rings. The summed E-state index contributed by atoms with van der Waals surface area (Å²) in [6.45, 7) is 16.2. The minimum absolute atomic E-state index is 0.589. The first-order chi connectivity index (χ1) is 8.99. The minimum Gasteiger partial charge on any atom is -0.303 e. The number of hydrogen-bond acceptors (Lipinski definition) is 3. The molecular formula is C16H32N2O. The summed E-state index contributed by atoms with van der Waals surface area (Å²) >= 11 is 0. The van der Waals surface area contributed by atoms with Crippen LogP contribution in [0.25, 0.3) is 0 Å². The Kier molecular flexibility index (Phi) is 5.27. The molecule has 0 aliphatic carbocycles. The fourth-order valence-electron chi connectivity index (χ4n) is 3.25. The van der Waals surface area contributed by atoms with E-state index in [1.807, 2.05) is 0 Å². The molecule has 2 aliphatic rings. The van der Waals surface area contributed by atoms with Crippen LogP contribution >= 0.6 is 0 Å². The number of likely N-dealkylation sites (tertiary alicyclic amines) is 1. The molecule has 0 radical (unpaired) electrons. The number of rotatable bonds is 6. The predicted molar refractivity (Wildman–Crippen MR) is 79.9 cm³/mol. The summed E-state index contributed by atoms with van der Waals surface area (Å²) in [5.41, 5.74) is 0.589. The number of hydroxylamine groups is 2. The number of nitrogens with zero attached hydrogens (tertiary/aromatic N) is 2. The first kappa shape index (κ1) is 15.3. The normalized spacial score (nSPS) is 24.3. The summed E-state index contributed by atoms with van der Waals surface area (Å²) in [5.74, 6) is 1.54. The fourth-order valence-corrected chi connectivity index (χ4v) is 3.25. The lowest BCUT2D eigenvalue weighted by Gasteiger charge is -2.53. The number of piperidine rings is 1. The van der Waals surface area contributed by atoms with Crippen LogP contribution in [0.15, 0.2) is 0 Å². The highest BCUT2D eigenvalue weighted by Gasteiger charge is 2.45. The van der Waals surface area contributed by atoms with Gasteiger partial charge in [0.25, 0.3) is 0 Å². The Morgan fingerprint density at radius 1 is 1.00 bits per heavy atom. The zero-order chi connectivity index (χ0) is 13.9. The maximum absolute atomic E-state index is 5.83.